The zero-order valence-corrected chi connectivity index (χ0v) is 15.8. The van der Waals surface area contributed by atoms with Gasteiger partial charge in [0.1, 0.15) is 0 Å². The van der Waals surface area contributed by atoms with Crippen LogP contribution in [0, 0.1) is 0 Å². The molecular weight excluding hydrogens is 329 g/mol. The zero-order chi connectivity index (χ0) is 18.0. The lowest BCUT2D eigenvalue weighted by molar-refractivity contribution is 0.00578. The number of nitrogens with one attached hydrogen (secondary N) is 1. The van der Waals surface area contributed by atoms with Crippen molar-refractivity contribution >= 4 is 22.6 Å². The minimum Gasteiger partial charge on any atom is -0.399 e. The first kappa shape index (κ1) is 19.4. The third-order valence-electron chi connectivity index (χ3n) is 4.53. The summed E-state index contributed by atoms with van der Waals surface area (Å²) in [5.74, 6) is -0.0551. The SMILES string of the molecule is COCCS(=O)(=O)NCc1cccc(B2OC(C)(C)C(C)(C)O2)c1. The van der Waals surface area contributed by atoms with Crippen molar-refractivity contribution in [2.24, 2.45) is 0 Å². The van der Waals surface area contributed by atoms with Gasteiger partial charge in [-0.3, -0.25) is 0 Å². The Labute approximate surface area is 145 Å². The van der Waals surface area contributed by atoms with E-state index in [0.717, 1.165) is 11.0 Å². The number of hydrogen-bond donors (Lipinski definition) is 1. The van der Waals surface area contributed by atoms with Crippen LogP contribution >= 0.6 is 0 Å². The summed E-state index contributed by atoms with van der Waals surface area (Å²) in [5, 5.41) is 0. The molecule has 0 radical (unpaired) electrons. The van der Waals surface area contributed by atoms with Crippen LogP contribution in [0.2, 0.25) is 0 Å². The van der Waals surface area contributed by atoms with Crippen LogP contribution in [0.25, 0.3) is 0 Å². The molecule has 0 saturated carbocycles. The van der Waals surface area contributed by atoms with Crippen LogP contribution < -0.4 is 10.2 Å². The van der Waals surface area contributed by atoms with Crippen molar-refractivity contribution in [1.82, 2.24) is 4.72 Å². The molecule has 0 aromatic heterocycles. The predicted octanol–water partition coefficient (Wildman–Crippen LogP) is 1.05. The van der Waals surface area contributed by atoms with Gasteiger partial charge in [-0.2, -0.15) is 0 Å². The van der Waals surface area contributed by atoms with Gasteiger partial charge in [0, 0.05) is 13.7 Å². The van der Waals surface area contributed by atoms with Crippen molar-refractivity contribution in [1.29, 1.82) is 0 Å². The second-order valence-corrected chi connectivity index (χ2v) is 8.89. The van der Waals surface area contributed by atoms with Crippen molar-refractivity contribution in [2.75, 3.05) is 19.5 Å². The maximum atomic E-state index is 11.8. The Morgan fingerprint density at radius 3 is 2.38 bits per heavy atom. The van der Waals surface area contributed by atoms with Crippen LogP contribution in [0.1, 0.15) is 33.3 Å². The second kappa shape index (κ2) is 7.13. The summed E-state index contributed by atoms with van der Waals surface area (Å²) in [6.07, 6.45) is 0. The molecule has 1 aromatic rings. The Hall–Kier alpha value is -0.925. The average Bonchev–Trinajstić information content (AvgIpc) is 2.72. The molecule has 8 heteroatoms. The van der Waals surface area contributed by atoms with Crippen LogP contribution in [-0.4, -0.2) is 46.2 Å². The van der Waals surface area contributed by atoms with Crippen LogP contribution in [0.4, 0.5) is 0 Å². The predicted molar refractivity (Wildman–Crippen MR) is 94.7 cm³/mol. The fourth-order valence-electron chi connectivity index (χ4n) is 2.29. The third kappa shape index (κ3) is 4.58. The van der Waals surface area contributed by atoms with Gasteiger partial charge in [-0.25, -0.2) is 13.1 Å². The Bertz CT molecular complexity index is 659. The van der Waals surface area contributed by atoms with E-state index in [0.29, 0.717) is 0 Å². The molecule has 1 aromatic carbocycles. The Morgan fingerprint density at radius 1 is 1.17 bits per heavy atom. The summed E-state index contributed by atoms with van der Waals surface area (Å²) in [6.45, 7) is 8.39. The maximum Gasteiger partial charge on any atom is 0.494 e. The summed E-state index contributed by atoms with van der Waals surface area (Å²) in [5.41, 5.74) is 0.913. The molecule has 1 heterocycles. The number of hydrogen-bond acceptors (Lipinski definition) is 5. The van der Waals surface area contributed by atoms with Crippen LogP contribution in [0.15, 0.2) is 24.3 Å². The molecule has 1 saturated heterocycles. The normalized spacial score (nSPS) is 19.6. The van der Waals surface area contributed by atoms with E-state index in [9.17, 15) is 8.42 Å². The fourth-order valence-corrected chi connectivity index (χ4v) is 3.20. The van der Waals surface area contributed by atoms with Gasteiger partial charge in [-0.05, 0) is 38.7 Å². The van der Waals surface area contributed by atoms with Crippen LogP contribution in [0.3, 0.4) is 0 Å². The van der Waals surface area contributed by atoms with Crippen LogP contribution in [-0.2, 0) is 30.6 Å². The lowest BCUT2D eigenvalue weighted by Gasteiger charge is -2.32. The molecule has 0 spiro atoms. The highest BCUT2D eigenvalue weighted by Gasteiger charge is 2.51. The van der Waals surface area contributed by atoms with E-state index < -0.39 is 28.3 Å². The first-order valence-electron chi connectivity index (χ1n) is 7.97. The molecule has 0 unspecified atom stereocenters. The molecular formula is C16H26BNO5S. The van der Waals surface area contributed by atoms with Crippen LogP contribution in [0.5, 0.6) is 0 Å². The molecule has 1 aliphatic rings. The molecule has 2 rings (SSSR count). The molecule has 0 atom stereocenters. The fraction of sp³-hybridized carbons (Fsp3) is 0.625. The molecule has 6 nitrogen and oxygen atoms in total. The summed E-state index contributed by atoms with van der Waals surface area (Å²) in [4.78, 5) is 0. The van der Waals surface area contributed by atoms with Gasteiger partial charge >= 0.3 is 7.12 Å². The lowest BCUT2D eigenvalue weighted by Crippen LogP contribution is -2.41. The highest BCUT2D eigenvalue weighted by molar-refractivity contribution is 7.89. The number of sulfonamides is 1. The molecule has 1 aliphatic heterocycles. The third-order valence-corrected chi connectivity index (χ3v) is 5.82. The van der Waals surface area contributed by atoms with Crippen molar-refractivity contribution in [3.8, 4) is 0 Å². The Balaban J connectivity index is 2.05. The van der Waals surface area contributed by atoms with Gasteiger partial charge < -0.3 is 14.0 Å². The largest absolute Gasteiger partial charge is 0.494 e. The van der Waals surface area contributed by atoms with E-state index >= 15 is 0 Å². The molecule has 1 N–H and O–H groups in total. The summed E-state index contributed by atoms with van der Waals surface area (Å²) in [7, 11) is -2.33. The molecule has 24 heavy (non-hydrogen) atoms. The van der Waals surface area contributed by atoms with E-state index in [4.69, 9.17) is 14.0 Å². The summed E-state index contributed by atoms with van der Waals surface area (Å²) < 4.78 is 43.1. The van der Waals surface area contributed by atoms with Gasteiger partial charge in [0.2, 0.25) is 10.0 Å². The van der Waals surface area contributed by atoms with Crippen molar-refractivity contribution < 1.29 is 22.5 Å². The second-order valence-electron chi connectivity index (χ2n) is 6.97. The monoisotopic (exact) mass is 355 g/mol. The summed E-state index contributed by atoms with van der Waals surface area (Å²) in [6, 6.07) is 7.57. The average molecular weight is 355 g/mol. The minimum atomic E-state index is -3.35. The highest BCUT2D eigenvalue weighted by Crippen LogP contribution is 2.36. The number of rotatable bonds is 7. The number of ether oxygens (including phenoxy) is 1. The van der Waals surface area contributed by atoms with E-state index in [1.807, 2.05) is 52.0 Å². The molecule has 134 valence electrons. The Kier molecular flexibility index (Phi) is 5.77. The lowest BCUT2D eigenvalue weighted by atomic mass is 9.78. The van der Waals surface area contributed by atoms with E-state index in [-0.39, 0.29) is 18.9 Å². The Morgan fingerprint density at radius 2 is 1.79 bits per heavy atom. The first-order chi connectivity index (χ1) is 11.1. The number of benzene rings is 1. The van der Waals surface area contributed by atoms with Gasteiger partial charge in [0.05, 0.1) is 23.6 Å². The molecule has 1 fully saturated rings. The molecule has 0 amide bonds. The number of methoxy groups -OCH3 is 1. The zero-order valence-electron chi connectivity index (χ0n) is 15.0. The van der Waals surface area contributed by atoms with Gasteiger partial charge in [0.15, 0.2) is 0 Å². The summed E-state index contributed by atoms with van der Waals surface area (Å²) >= 11 is 0. The molecule has 0 bridgehead atoms. The topological polar surface area (TPSA) is 73.9 Å². The van der Waals surface area contributed by atoms with Crippen molar-refractivity contribution in [3.05, 3.63) is 29.8 Å². The highest BCUT2D eigenvalue weighted by atomic mass is 32.2. The van der Waals surface area contributed by atoms with E-state index in [1.54, 1.807) is 0 Å². The minimum absolute atomic E-state index is 0.0551. The van der Waals surface area contributed by atoms with Gasteiger partial charge in [0.25, 0.3) is 0 Å². The quantitative estimate of drug-likeness (QED) is 0.741. The van der Waals surface area contributed by atoms with Gasteiger partial charge in [-0.1, -0.05) is 24.3 Å². The van der Waals surface area contributed by atoms with Crippen molar-refractivity contribution in [3.63, 3.8) is 0 Å². The van der Waals surface area contributed by atoms with Crippen molar-refractivity contribution in [2.45, 2.75) is 45.4 Å². The maximum absolute atomic E-state index is 11.8. The standard InChI is InChI=1S/C16H26BNO5S/c1-15(2)16(3,4)23-17(22-15)14-8-6-7-13(11-14)12-18-24(19,20)10-9-21-5/h6-8,11,18H,9-10,12H2,1-5H3. The first-order valence-corrected chi connectivity index (χ1v) is 9.62. The molecule has 0 aliphatic carbocycles. The smallest absolute Gasteiger partial charge is 0.399 e. The van der Waals surface area contributed by atoms with Gasteiger partial charge in [-0.15, -0.1) is 0 Å². The van der Waals surface area contributed by atoms with E-state index in [1.165, 1.54) is 7.11 Å². The van der Waals surface area contributed by atoms with E-state index in [2.05, 4.69) is 4.72 Å².